The largest absolute Gasteiger partial charge is 0.454 e. The molecule has 1 amide bonds. The maximum Gasteiger partial charge on any atom is 0.231 e. The highest BCUT2D eigenvalue weighted by molar-refractivity contribution is 5.79. The molecule has 2 aliphatic rings. The predicted octanol–water partition coefficient (Wildman–Crippen LogP) is 1.96. The second-order valence-corrected chi connectivity index (χ2v) is 6.14. The van der Waals surface area contributed by atoms with Crippen molar-refractivity contribution >= 4 is 5.91 Å². The van der Waals surface area contributed by atoms with Gasteiger partial charge < -0.3 is 19.4 Å². The number of hydrogen-bond donors (Lipinski definition) is 1. The number of aromatic nitrogens is 2. The number of fused-ring (bicyclic) bond motifs is 1. The van der Waals surface area contributed by atoms with Gasteiger partial charge in [0.15, 0.2) is 11.5 Å². The Kier molecular flexibility index (Phi) is 3.44. The van der Waals surface area contributed by atoms with Gasteiger partial charge in [-0.2, -0.15) is 0 Å². The summed E-state index contributed by atoms with van der Waals surface area (Å²) in [6.07, 6.45) is 6.29. The van der Waals surface area contributed by atoms with Crippen molar-refractivity contribution in [1.82, 2.24) is 14.9 Å². The fourth-order valence-electron chi connectivity index (χ4n) is 2.96. The molecule has 0 spiro atoms. The van der Waals surface area contributed by atoms with E-state index in [1.54, 1.807) is 6.20 Å². The van der Waals surface area contributed by atoms with E-state index in [4.69, 9.17) is 9.47 Å². The van der Waals surface area contributed by atoms with Gasteiger partial charge in [-0.15, -0.1) is 0 Å². The summed E-state index contributed by atoms with van der Waals surface area (Å²) in [5.41, 5.74) is 0.918. The van der Waals surface area contributed by atoms with Crippen molar-refractivity contribution in [2.45, 2.75) is 25.3 Å². The lowest BCUT2D eigenvalue weighted by Crippen LogP contribution is -2.32. The molecular formula is C17H19N3O3. The molecule has 0 bridgehead atoms. The zero-order chi connectivity index (χ0) is 15.8. The van der Waals surface area contributed by atoms with Gasteiger partial charge >= 0.3 is 0 Å². The van der Waals surface area contributed by atoms with Gasteiger partial charge in [-0.05, 0) is 36.5 Å². The number of carbonyl (C=O) groups excluding carboxylic acids is 1. The van der Waals surface area contributed by atoms with Crippen molar-refractivity contribution in [1.29, 1.82) is 0 Å². The fraction of sp³-hybridized carbons (Fsp3) is 0.412. The first kappa shape index (κ1) is 14.1. The SMILES string of the molecule is Cn1ccnc1C(NC(=O)Cc1ccc2c(c1)OCO2)C1CC1. The van der Waals surface area contributed by atoms with E-state index in [1.165, 1.54) is 0 Å². The van der Waals surface area contributed by atoms with Crippen LogP contribution in [-0.4, -0.2) is 22.3 Å². The maximum absolute atomic E-state index is 12.4. The van der Waals surface area contributed by atoms with E-state index in [0.29, 0.717) is 18.1 Å². The quantitative estimate of drug-likeness (QED) is 0.916. The average Bonchev–Trinajstić information content (AvgIpc) is 3.12. The topological polar surface area (TPSA) is 65.4 Å². The molecule has 1 N–H and O–H groups in total. The molecule has 1 aliphatic heterocycles. The van der Waals surface area contributed by atoms with E-state index in [9.17, 15) is 4.79 Å². The van der Waals surface area contributed by atoms with Crippen LogP contribution in [0.4, 0.5) is 0 Å². The van der Waals surface area contributed by atoms with E-state index >= 15 is 0 Å². The molecule has 6 heteroatoms. The first-order valence-electron chi connectivity index (χ1n) is 7.86. The molecule has 0 saturated heterocycles. The Labute approximate surface area is 134 Å². The summed E-state index contributed by atoms with van der Waals surface area (Å²) in [6, 6.07) is 5.62. The third kappa shape index (κ3) is 2.88. The van der Waals surface area contributed by atoms with Gasteiger partial charge in [0.1, 0.15) is 5.82 Å². The van der Waals surface area contributed by atoms with Crippen molar-refractivity contribution in [3.05, 3.63) is 42.0 Å². The highest BCUT2D eigenvalue weighted by Gasteiger charge is 2.35. The number of nitrogens with zero attached hydrogens (tertiary/aromatic N) is 2. The lowest BCUT2D eigenvalue weighted by Gasteiger charge is -2.18. The van der Waals surface area contributed by atoms with Crippen molar-refractivity contribution in [2.75, 3.05) is 6.79 Å². The standard InChI is InChI=1S/C17H19N3O3/c1-20-7-6-18-17(20)16(12-3-4-12)19-15(21)9-11-2-5-13-14(8-11)23-10-22-13/h2,5-8,12,16H,3-4,9-10H2,1H3,(H,19,21). The summed E-state index contributed by atoms with van der Waals surface area (Å²) in [7, 11) is 1.96. The molecule has 1 aromatic heterocycles. The van der Waals surface area contributed by atoms with Crippen molar-refractivity contribution in [2.24, 2.45) is 13.0 Å². The Bertz CT molecular complexity index is 736. The number of aryl methyl sites for hydroxylation is 1. The van der Waals surface area contributed by atoms with Gasteiger partial charge in [0.05, 0.1) is 12.5 Å². The predicted molar refractivity (Wildman–Crippen MR) is 83.1 cm³/mol. The van der Waals surface area contributed by atoms with Gasteiger partial charge in [-0.25, -0.2) is 4.98 Å². The second-order valence-electron chi connectivity index (χ2n) is 6.14. The molecule has 6 nitrogen and oxygen atoms in total. The molecule has 4 rings (SSSR count). The number of imidazole rings is 1. The summed E-state index contributed by atoms with van der Waals surface area (Å²) >= 11 is 0. The van der Waals surface area contributed by atoms with E-state index < -0.39 is 0 Å². The Balaban J connectivity index is 1.45. The third-order valence-electron chi connectivity index (χ3n) is 4.35. The Morgan fingerprint density at radius 3 is 2.96 bits per heavy atom. The van der Waals surface area contributed by atoms with Crippen molar-refractivity contribution in [3.8, 4) is 11.5 Å². The molecule has 1 fully saturated rings. The van der Waals surface area contributed by atoms with Gasteiger partial charge in [0.2, 0.25) is 12.7 Å². The van der Waals surface area contributed by atoms with E-state index in [2.05, 4.69) is 10.3 Å². The van der Waals surface area contributed by atoms with E-state index in [1.807, 2.05) is 36.0 Å². The van der Waals surface area contributed by atoms with Gasteiger partial charge in [-0.1, -0.05) is 6.07 Å². The van der Waals surface area contributed by atoms with Crippen LogP contribution in [0.25, 0.3) is 0 Å². The number of ether oxygens (including phenoxy) is 2. The molecule has 1 aliphatic carbocycles. The van der Waals surface area contributed by atoms with Crippen LogP contribution in [0.2, 0.25) is 0 Å². The minimum Gasteiger partial charge on any atom is -0.454 e. The smallest absolute Gasteiger partial charge is 0.231 e. The van der Waals surface area contributed by atoms with Crippen molar-refractivity contribution < 1.29 is 14.3 Å². The highest BCUT2D eigenvalue weighted by atomic mass is 16.7. The molecule has 2 heterocycles. The van der Waals surface area contributed by atoms with E-state index in [-0.39, 0.29) is 18.7 Å². The molecule has 0 radical (unpaired) electrons. The minimum absolute atomic E-state index is 0.00323. The molecule has 1 aromatic carbocycles. The molecule has 23 heavy (non-hydrogen) atoms. The Morgan fingerprint density at radius 1 is 1.39 bits per heavy atom. The van der Waals surface area contributed by atoms with Crippen LogP contribution in [0.1, 0.15) is 30.3 Å². The van der Waals surface area contributed by atoms with Crippen LogP contribution in [0, 0.1) is 5.92 Å². The zero-order valence-corrected chi connectivity index (χ0v) is 13.0. The van der Waals surface area contributed by atoms with Gasteiger partial charge in [-0.3, -0.25) is 4.79 Å². The monoisotopic (exact) mass is 313 g/mol. The lowest BCUT2D eigenvalue weighted by atomic mass is 10.1. The number of benzene rings is 1. The molecule has 120 valence electrons. The third-order valence-corrected chi connectivity index (χ3v) is 4.35. The number of nitrogens with one attached hydrogen (secondary N) is 1. The van der Waals surface area contributed by atoms with Crippen LogP contribution in [-0.2, 0) is 18.3 Å². The fourth-order valence-corrected chi connectivity index (χ4v) is 2.96. The van der Waals surface area contributed by atoms with Crippen LogP contribution in [0.3, 0.4) is 0 Å². The summed E-state index contributed by atoms with van der Waals surface area (Å²) in [6.45, 7) is 0.244. The summed E-state index contributed by atoms with van der Waals surface area (Å²) in [5.74, 6) is 2.86. The summed E-state index contributed by atoms with van der Waals surface area (Å²) in [4.78, 5) is 16.8. The van der Waals surface area contributed by atoms with Crippen LogP contribution >= 0.6 is 0 Å². The van der Waals surface area contributed by atoms with Crippen LogP contribution < -0.4 is 14.8 Å². The number of hydrogen-bond acceptors (Lipinski definition) is 4. The van der Waals surface area contributed by atoms with E-state index in [0.717, 1.165) is 30.0 Å². The van der Waals surface area contributed by atoms with Crippen LogP contribution in [0.15, 0.2) is 30.6 Å². The summed E-state index contributed by atoms with van der Waals surface area (Å²) in [5, 5.41) is 3.14. The van der Waals surface area contributed by atoms with Crippen LogP contribution in [0.5, 0.6) is 11.5 Å². The Morgan fingerprint density at radius 2 is 2.22 bits per heavy atom. The number of rotatable bonds is 5. The van der Waals surface area contributed by atoms with Crippen molar-refractivity contribution in [3.63, 3.8) is 0 Å². The zero-order valence-electron chi connectivity index (χ0n) is 13.0. The average molecular weight is 313 g/mol. The second kappa shape index (κ2) is 5.61. The number of amides is 1. The molecule has 2 aromatic rings. The van der Waals surface area contributed by atoms with Gasteiger partial charge in [0.25, 0.3) is 0 Å². The maximum atomic E-state index is 12.4. The summed E-state index contributed by atoms with van der Waals surface area (Å²) < 4.78 is 12.6. The first-order valence-corrected chi connectivity index (χ1v) is 7.86. The molecule has 1 unspecified atom stereocenters. The number of carbonyl (C=O) groups is 1. The molecule has 1 saturated carbocycles. The minimum atomic E-state index is -0.00323. The molecular weight excluding hydrogens is 294 g/mol. The molecule has 1 atom stereocenters. The normalized spacial score (nSPS) is 17.1. The highest BCUT2D eigenvalue weighted by Crippen LogP contribution is 2.40. The van der Waals surface area contributed by atoms with Gasteiger partial charge in [0, 0.05) is 19.4 Å². The Hall–Kier alpha value is -2.50. The first-order chi connectivity index (χ1) is 11.2. The lowest BCUT2D eigenvalue weighted by molar-refractivity contribution is -0.121.